The van der Waals surface area contributed by atoms with Crippen molar-refractivity contribution in [2.45, 2.75) is 45.2 Å². The highest BCUT2D eigenvalue weighted by Crippen LogP contribution is 2.33. The molecule has 37 heavy (non-hydrogen) atoms. The van der Waals surface area contributed by atoms with Crippen LogP contribution in [0.4, 0.5) is 23.7 Å². The van der Waals surface area contributed by atoms with Crippen molar-refractivity contribution in [1.82, 2.24) is 25.4 Å². The summed E-state index contributed by atoms with van der Waals surface area (Å²) in [7, 11) is 1.70. The van der Waals surface area contributed by atoms with E-state index in [-0.39, 0.29) is 43.8 Å². The Bertz CT molecular complexity index is 1100. The number of fused-ring (bicyclic) bond motifs is 1. The molecule has 0 saturated heterocycles. The Hall–Kier alpha value is -3.38. The van der Waals surface area contributed by atoms with Crippen LogP contribution >= 0.6 is 0 Å². The van der Waals surface area contributed by atoms with Crippen LogP contribution in [0.25, 0.3) is 0 Å². The third-order valence-electron chi connectivity index (χ3n) is 6.11. The first-order chi connectivity index (χ1) is 17.5. The summed E-state index contributed by atoms with van der Waals surface area (Å²) in [6, 6.07) is 7.67. The molecule has 0 fully saturated rings. The molecule has 0 aliphatic carbocycles. The molecule has 3 rings (SSSR count). The zero-order valence-electron chi connectivity index (χ0n) is 21.1. The zero-order chi connectivity index (χ0) is 27.2. The molecule has 2 amide bonds. The molecule has 1 aliphatic rings. The predicted octanol–water partition coefficient (Wildman–Crippen LogP) is 3.29. The lowest BCUT2D eigenvalue weighted by Crippen LogP contribution is -2.47. The van der Waals surface area contributed by atoms with Gasteiger partial charge in [-0.15, -0.1) is 0 Å². The Kier molecular flexibility index (Phi) is 9.33. The van der Waals surface area contributed by atoms with Gasteiger partial charge in [0.15, 0.2) is 0 Å². The first-order valence-electron chi connectivity index (χ1n) is 12.1. The quantitative estimate of drug-likeness (QED) is 0.379. The summed E-state index contributed by atoms with van der Waals surface area (Å²) >= 11 is 0. The maximum absolute atomic E-state index is 13.5. The fourth-order valence-corrected chi connectivity index (χ4v) is 4.36. The van der Waals surface area contributed by atoms with Gasteiger partial charge in [0, 0.05) is 37.6 Å². The fraction of sp³-hybridized carbons (Fsp3) is 0.480. The summed E-state index contributed by atoms with van der Waals surface area (Å²) in [5, 5.41) is 19.0. The SMILES string of the molecule is CNCCN(Cc1ncccc1C(F)(F)F)C(=O)CNc1cccc2c1CCN(C(=O)O)C2NC(C)C. The van der Waals surface area contributed by atoms with Crippen molar-refractivity contribution in [1.29, 1.82) is 0 Å². The average Bonchev–Trinajstić information content (AvgIpc) is 2.84. The normalized spacial score (nSPS) is 15.4. The van der Waals surface area contributed by atoms with E-state index >= 15 is 0 Å². The molecule has 1 aromatic carbocycles. The molecule has 1 unspecified atom stereocenters. The first kappa shape index (κ1) is 28.2. The van der Waals surface area contributed by atoms with E-state index in [1.54, 1.807) is 13.1 Å². The van der Waals surface area contributed by atoms with Crippen LogP contribution < -0.4 is 16.0 Å². The number of carboxylic acid groups (broad SMARTS) is 1. The predicted molar refractivity (Wildman–Crippen MR) is 133 cm³/mol. The highest BCUT2D eigenvalue weighted by molar-refractivity contribution is 5.81. The van der Waals surface area contributed by atoms with Crippen molar-refractivity contribution >= 4 is 17.7 Å². The standard InChI is InChI=1S/C25H33F3N6O3/c1-16(2)32-23-18-6-4-8-20(17(18)9-12-34(23)24(36)37)31-14-22(35)33(13-11-29-3)15-21-19(25(26,27)28)7-5-10-30-21/h4-8,10,16,23,29,31-32H,9,11-15H2,1-3H3,(H,36,37). The molecule has 2 heterocycles. The Morgan fingerprint density at radius 1 is 1.24 bits per heavy atom. The molecule has 0 radical (unpaired) electrons. The van der Waals surface area contributed by atoms with Gasteiger partial charge in [0.05, 0.1) is 24.3 Å². The Morgan fingerprint density at radius 3 is 2.65 bits per heavy atom. The van der Waals surface area contributed by atoms with E-state index in [1.165, 1.54) is 22.1 Å². The lowest BCUT2D eigenvalue weighted by Gasteiger charge is -2.38. The van der Waals surface area contributed by atoms with Crippen LogP contribution in [-0.2, 0) is 23.9 Å². The Labute approximate surface area is 214 Å². The molecule has 202 valence electrons. The summed E-state index contributed by atoms with van der Waals surface area (Å²) in [6.45, 7) is 4.33. The second-order valence-electron chi connectivity index (χ2n) is 9.09. The third kappa shape index (κ3) is 7.10. The number of carbonyl (C=O) groups excluding carboxylic acids is 1. The number of benzene rings is 1. The van der Waals surface area contributed by atoms with Gasteiger partial charge in [-0.25, -0.2) is 4.79 Å². The van der Waals surface area contributed by atoms with Crippen LogP contribution in [0.1, 0.15) is 42.4 Å². The lowest BCUT2D eigenvalue weighted by molar-refractivity contribution is -0.140. The number of rotatable bonds is 10. The summed E-state index contributed by atoms with van der Waals surface area (Å²) in [5.74, 6) is -0.383. The molecule has 1 aromatic heterocycles. The van der Waals surface area contributed by atoms with E-state index in [0.29, 0.717) is 18.7 Å². The van der Waals surface area contributed by atoms with Crippen LogP contribution in [0.15, 0.2) is 36.5 Å². The molecule has 1 atom stereocenters. The number of pyridine rings is 1. The average molecular weight is 523 g/mol. The second-order valence-corrected chi connectivity index (χ2v) is 9.09. The molecule has 0 spiro atoms. The number of nitrogens with one attached hydrogen (secondary N) is 3. The summed E-state index contributed by atoms with van der Waals surface area (Å²) in [4.78, 5) is 31.5. The van der Waals surface area contributed by atoms with Crippen LogP contribution in [0.2, 0.25) is 0 Å². The fourth-order valence-electron chi connectivity index (χ4n) is 4.36. The second kappa shape index (κ2) is 12.2. The molecule has 12 heteroatoms. The van der Waals surface area contributed by atoms with Gasteiger partial charge < -0.3 is 20.6 Å². The van der Waals surface area contributed by atoms with Gasteiger partial charge in [0.25, 0.3) is 0 Å². The summed E-state index contributed by atoms with van der Waals surface area (Å²) in [6.07, 6.45) is -4.39. The summed E-state index contributed by atoms with van der Waals surface area (Å²) < 4.78 is 40.4. The van der Waals surface area contributed by atoms with E-state index in [1.807, 2.05) is 26.0 Å². The van der Waals surface area contributed by atoms with Crippen LogP contribution in [0.5, 0.6) is 0 Å². The monoisotopic (exact) mass is 522 g/mol. The number of anilines is 1. The van der Waals surface area contributed by atoms with Gasteiger partial charge in [-0.1, -0.05) is 12.1 Å². The molecule has 4 N–H and O–H groups in total. The van der Waals surface area contributed by atoms with Gasteiger partial charge in [0.1, 0.15) is 6.17 Å². The molecular weight excluding hydrogens is 489 g/mol. The van der Waals surface area contributed by atoms with Crippen molar-refractivity contribution in [3.63, 3.8) is 0 Å². The number of hydrogen-bond donors (Lipinski definition) is 4. The van der Waals surface area contributed by atoms with Crippen molar-refractivity contribution in [3.8, 4) is 0 Å². The van der Waals surface area contributed by atoms with E-state index in [2.05, 4.69) is 20.9 Å². The number of carbonyl (C=O) groups is 2. The van der Waals surface area contributed by atoms with Crippen molar-refractivity contribution < 1.29 is 27.9 Å². The minimum atomic E-state index is -4.58. The minimum absolute atomic E-state index is 0.0323. The number of aromatic nitrogens is 1. The Morgan fingerprint density at radius 2 is 2.00 bits per heavy atom. The first-order valence-corrected chi connectivity index (χ1v) is 12.1. The number of likely N-dealkylation sites (N-methyl/N-ethyl adjacent to an activating group) is 1. The smallest absolute Gasteiger partial charge is 0.418 e. The molecule has 0 bridgehead atoms. The number of hydrogen-bond acceptors (Lipinski definition) is 6. The maximum Gasteiger partial charge on any atom is 0.418 e. The summed E-state index contributed by atoms with van der Waals surface area (Å²) in [5.41, 5.74) is 1.31. The van der Waals surface area contributed by atoms with E-state index < -0.39 is 24.0 Å². The number of halogens is 3. The highest BCUT2D eigenvalue weighted by Gasteiger charge is 2.35. The molecular formula is C25H33F3N6O3. The third-order valence-corrected chi connectivity index (χ3v) is 6.11. The van der Waals surface area contributed by atoms with Gasteiger partial charge in [-0.3, -0.25) is 20.0 Å². The van der Waals surface area contributed by atoms with Crippen LogP contribution in [0.3, 0.4) is 0 Å². The number of nitrogens with zero attached hydrogens (tertiary/aromatic N) is 3. The highest BCUT2D eigenvalue weighted by atomic mass is 19.4. The van der Waals surface area contributed by atoms with Crippen molar-refractivity contribution in [3.05, 3.63) is 58.9 Å². The number of amides is 2. The van der Waals surface area contributed by atoms with Gasteiger partial charge in [-0.05, 0) is 56.6 Å². The molecule has 0 saturated carbocycles. The molecule has 1 aliphatic heterocycles. The zero-order valence-corrected chi connectivity index (χ0v) is 21.1. The topological polar surface area (TPSA) is 110 Å². The van der Waals surface area contributed by atoms with Crippen LogP contribution in [-0.4, -0.2) is 71.2 Å². The van der Waals surface area contributed by atoms with Crippen LogP contribution in [0, 0.1) is 0 Å². The van der Waals surface area contributed by atoms with Gasteiger partial charge in [-0.2, -0.15) is 13.2 Å². The van der Waals surface area contributed by atoms with E-state index in [4.69, 9.17) is 0 Å². The number of alkyl halides is 3. The molecule has 9 nitrogen and oxygen atoms in total. The van der Waals surface area contributed by atoms with Gasteiger partial charge >= 0.3 is 12.3 Å². The van der Waals surface area contributed by atoms with E-state index in [0.717, 1.165) is 17.2 Å². The Balaban J connectivity index is 1.79. The van der Waals surface area contributed by atoms with Crippen molar-refractivity contribution in [2.75, 3.05) is 38.5 Å². The van der Waals surface area contributed by atoms with Crippen molar-refractivity contribution in [2.24, 2.45) is 0 Å². The molecule has 2 aromatic rings. The van der Waals surface area contributed by atoms with Gasteiger partial charge in [0.2, 0.25) is 5.91 Å². The largest absolute Gasteiger partial charge is 0.465 e. The maximum atomic E-state index is 13.5. The van der Waals surface area contributed by atoms with E-state index in [9.17, 15) is 27.9 Å². The lowest BCUT2D eigenvalue weighted by atomic mass is 9.94. The minimum Gasteiger partial charge on any atom is -0.465 e.